The fourth-order valence-corrected chi connectivity index (χ4v) is 4.03. The highest BCUT2D eigenvalue weighted by Crippen LogP contribution is 2.24. The zero-order chi connectivity index (χ0) is 29.5. The summed E-state index contributed by atoms with van der Waals surface area (Å²) in [7, 11) is 0. The number of hydrogen-bond donors (Lipinski definition) is 4. The van der Waals surface area contributed by atoms with E-state index >= 15 is 0 Å². The fourth-order valence-electron chi connectivity index (χ4n) is 4.03. The van der Waals surface area contributed by atoms with Gasteiger partial charge in [0.2, 0.25) is 0 Å². The summed E-state index contributed by atoms with van der Waals surface area (Å²) in [6.07, 6.45) is 7.89. The van der Waals surface area contributed by atoms with Gasteiger partial charge in [-0.1, -0.05) is 0 Å². The second kappa shape index (κ2) is 17.1. The third-order valence-electron chi connectivity index (χ3n) is 5.97. The molecule has 38 heavy (non-hydrogen) atoms. The van der Waals surface area contributed by atoms with Gasteiger partial charge in [0.1, 0.15) is 11.2 Å². The number of amides is 2. The van der Waals surface area contributed by atoms with Crippen LogP contribution in [-0.4, -0.2) is 60.5 Å². The minimum Gasteiger partial charge on any atom is -0.543 e. The summed E-state index contributed by atoms with van der Waals surface area (Å²) in [6.45, 7) is 12.8. The van der Waals surface area contributed by atoms with Gasteiger partial charge in [-0.15, -0.1) is 0 Å². The van der Waals surface area contributed by atoms with Crippen LogP contribution in [0, 0.1) is 11.8 Å². The number of hydrogen-bond acceptors (Lipinski definition) is 10. The Hall–Kier alpha value is -2.60. The molecule has 0 bridgehead atoms. The van der Waals surface area contributed by atoms with Crippen LogP contribution in [0.2, 0.25) is 0 Å². The fraction of sp³-hybridized carbons (Fsp3) is 0.846. The van der Waals surface area contributed by atoms with Crippen molar-refractivity contribution in [1.29, 1.82) is 0 Å². The molecular formula is C26H48N4O8-2. The molecule has 0 aromatic heterocycles. The Bertz CT molecular complexity index is 671. The average Bonchev–Trinajstić information content (AvgIpc) is 2.78. The monoisotopic (exact) mass is 544 g/mol. The first-order chi connectivity index (χ1) is 17.5. The van der Waals surface area contributed by atoms with Crippen LogP contribution in [0.5, 0.6) is 0 Å². The number of alkyl carbamates (subject to hydrolysis) is 2. The molecule has 222 valence electrons. The van der Waals surface area contributed by atoms with E-state index < -0.39 is 23.1 Å². The molecule has 6 N–H and O–H groups in total. The van der Waals surface area contributed by atoms with Crippen molar-refractivity contribution in [1.82, 2.24) is 10.6 Å². The lowest BCUT2D eigenvalue weighted by Crippen LogP contribution is -2.42. The smallest absolute Gasteiger partial charge is 0.407 e. The lowest BCUT2D eigenvalue weighted by atomic mass is 9.86. The number of ether oxygens (including phenoxy) is 2. The van der Waals surface area contributed by atoms with Gasteiger partial charge >= 0.3 is 12.2 Å². The topological polar surface area (TPSA) is 209 Å². The summed E-state index contributed by atoms with van der Waals surface area (Å²) in [5.74, 6) is -3.10. The van der Waals surface area contributed by atoms with E-state index in [2.05, 4.69) is 10.6 Å². The van der Waals surface area contributed by atoms with Gasteiger partial charge < -0.3 is 51.4 Å². The van der Waals surface area contributed by atoms with E-state index in [-0.39, 0.29) is 24.3 Å². The van der Waals surface area contributed by atoms with Gasteiger partial charge in [-0.3, -0.25) is 0 Å². The van der Waals surface area contributed by atoms with Crippen molar-refractivity contribution in [2.45, 2.75) is 116 Å². The van der Waals surface area contributed by atoms with E-state index in [4.69, 9.17) is 40.7 Å². The van der Waals surface area contributed by atoms with Crippen molar-refractivity contribution in [2.75, 3.05) is 13.1 Å². The van der Waals surface area contributed by atoms with E-state index in [1.165, 1.54) is 0 Å². The van der Waals surface area contributed by atoms with Crippen molar-refractivity contribution < 1.29 is 38.9 Å². The highest BCUT2D eigenvalue weighted by atomic mass is 16.6. The Kier molecular flexibility index (Phi) is 15.9. The molecule has 0 radical (unpaired) electrons. The number of carbonyl (C=O) groups is 4. The summed E-state index contributed by atoms with van der Waals surface area (Å²) in [5.41, 5.74) is 10.4. The average molecular weight is 545 g/mol. The van der Waals surface area contributed by atoms with Gasteiger partial charge in [-0.05, 0) is 118 Å². The van der Waals surface area contributed by atoms with Gasteiger partial charge in [0, 0.05) is 12.1 Å². The lowest BCUT2D eigenvalue weighted by Gasteiger charge is -2.29. The number of nitrogens with one attached hydrogen (secondary N) is 2. The number of nitrogens with two attached hydrogens (primary N) is 2. The predicted molar refractivity (Wildman–Crippen MR) is 138 cm³/mol. The molecule has 12 nitrogen and oxygen atoms in total. The van der Waals surface area contributed by atoms with Crippen LogP contribution in [0.25, 0.3) is 0 Å². The van der Waals surface area contributed by atoms with Gasteiger partial charge in [-0.25, -0.2) is 9.59 Å². The van der Waals surface area contributed by atoms with E-state index in [0.717, 1.165) is 64.5 Å². The highest BCUT2D eigenvalue weighted by molar-refractivity contribution is 6.25. The standard InChI is InChI=1S/2C12H24N2O2.C2H2O4/c2*1-12(2,3)16-11(15)14-10-6-4-9(8-13)5-7-10;3-1(4)2(5)6/h2*9-10H,4-8,13H2,1-3H3,(H,14,15);(H,3,4)(H,5,6)/p-2. The van der Waals surface area contributed by atoms with E-state index in [9.17, 15) is 9.59 Å². The Morgan fingerprint density at radius 3 is 1.08 bits per heavy atom. The van der Waals surface area contributed by atoms with E-state index in [0.29, 0.717) is 11.8 Å². The molecule has 2 aliphatic carbocycles. The van der Waals surface area contributed by atoms with Crippen LogP contribution in [0.15, 0.2) is 0 Å². The molecular weight excluding hydrogens is 496 g/mol. The van der Waals surface area contributed by atoms with Crippen molar-refractivity contribution in [2.24, 2.45) is 23.3 Å². The Balaban J connectivity index is 0.000000596. The van der Waals surface area contributed by atoms with E-state index in [1.807, 2.05) is 41.5 Å². The zero-order valence-corrected chi connectivity index (χ0v) is 23.8. The number of carbonyl (C=O) groups excluding carboxylic acids is 4. The minimum absolute atomic E-state index is 0.262. The number of aliphatic carboxylic acids is 2. The third-order valence-corrected chi connectivity index (χ3v) is 5.97. The molecule has 2 fully saturated rings. The van der Waals surface area contributed by atoms with E-state index in [1.54, 1.807) is 0 Å². The second-order valence-corrected chi connectivity index (χ2v) is 11.8. The summed E-state index contributed by atoms with van der Waals surface area (Å²) < 4.78 is 10.4. The number of rotatable bonds is 4. The zero-order valence-electron chi connectivity index (χ0n) is 23.8. The van der Waals surface area contributed by atoms with Crippen LogP contribution in [0.3, 0.4) is 0 Å². The van der Waals surface area contributed by atoms with Crippen LogP contribution < -0.4 is 32.3 Å². The maximum absolute atomic E-state index is 11.5. The predicted octanol–water partition coefficient (Wildman–Crippen LogP) is 0.543. The first kappa shape index (κ1) is 35.4. The lowest BCUT2D eigenvalue weighted by molar-refractivity contribution is -0.345. The summed E-state index contributed by atoms with van der Waals surface area (Å²) >= 11 is 0. The Labute approximate surface area is 226 Å². The maximum atomic E-state index is 11.5. The molecule has 0 aliphatic heterocycles. The SMILES string of the molecule is CC(C)(C)OC(=O)NC1CCC(CN)CC1.CC(C)(C)OC(=O)NC1CCC(CN)CC1.O=C([O-])C(=O)[O-]. The summed E-state index contributed by atoms with van der Waals surface area (Å²) in [4.78, 5) is 40.9. The molecule has 0 aromatic carbocycles. The Morgan fingerprint density at radius 2 is 0.895 bits per heavy atom. The first-order valence-electron chi connectivity index (χ1n) is 13.3. The molecule has 2 saturated carbocycles. The van der Waals surface area contributed by atoms with Crippen molar-refractivity contribution in [3.8, 4) is 0 Å². The van der Waals surface area contributed by atoms with Gasteiger partial charge in [0.15, 0.2) is 0 Å². The molecule has 0 unspecified atom stereocenters. The van der Waals surface area contributed by atoms with Gasteiger partial charge in [-0.2, -0.15) is 0 Å². The van der Waals surface area contributed by atoms with Crippen LogP contribution in [0.4, 0.5) is 9.59 Å². The van der Waals surface area contributed by atoms with Gasteiger partial charge in [0.25, 0.3) is 0 Å². The number of carboxylic acids is 2. The number of carboxylic acid groups (broad SMARTS) is 2. The maximum Gasteiger partial charge on any atom is 0.407 e. The molecule has 0 atom stereocenters. The van der Waals surface area contributed by atoms with Crippen molar-refractivity contribution in [3.05, 3.63) is 0 Å². The molecule has 0 spiro atoms. The Morgan fingerprint density at radius 1 is 0.632 bits per heavy atom. The minimum atomic E-state index is -2.19. The first-order valence-corrected chi connectivity index (χ1v) is 13.3. The largest absolute Gasteiger partial charge is 0.543 e. The summed E-state index contributed by atoms with van der Waals surface area (Å²) in [6, 6.07) is 0.523. The molecule has 2 amide bonds. The normalized spacial score (nSPS) is 23.3. The second-order valence-electron chi connectivity index (χ2n) is 11.8. The quantitative estimate of drug-likeness (QED) is 0.361. The molecule has 2 aliphatic rings. The van der Waals surface area contributed by atoms with Gasteiger partial charge in [0.05, 0.1) is 11.9 Å². The molecule has 12 heteroatoms. The van der Waals surface area contributed by atoms with Crippen molar-refractivity contribution in [3.63, 3.8) is 0 Å². The molecule has 2 rings (SSSR count). The third kappa shape index (κ3) is 18.6. The van der Waals surface area contributed by atoms with Crippen molar-refractivity contribution >= 4 is 24.1 Å². The molecule has 0 aromatic rings. The summed E-state index contributed by atoms with van der Waals surface area (Å²) in [5, 5.41) is 23.7. The van der Waals surface area contributed by atoms with Crippen LogP contribution in [0.1, 0.15) is 92.9 Å². The molecule has 0 saturated heterocycles. The highest BCUT2D eigenvalue weighted by Gasteiger charge is 2.25. The van der Waals surface area contributed by atoms with Crippen LogP contribution >= 0.6 is 0 Å². The molecule has 0 heterocycles. The van der Waals surface area contributed by atoms with Crippen LogP contribution in [-0.2, 0) is 19.1 Å².